The first kappa shape index (κ1) is 10.1. The van der Waals surface area contributed by atoms with Crippen LogP contribution in [0, 0.1) is 0 Å². The number of carbonyl (C=O) groups is 1. The number of nitrogens with one attached hydrogen (secondary N) is 1. The summed E-state index contributed by atoms with van der Waals surface area (Å²) in [5.41, 5.74) is 1.02. The van der Waals surface area contributed by atoms with Crippen molar-refractivity contribution in [2.24, 2.45) is 0 Å². The zero-order valence-corrected chi connectivity index (χ0v) is 8.73. The molecule has 0 fully saturated rings. The number of rotatable bonds is 4. The monoisotopic (exact) mass is 198 g/mol. The second-order valence-corrected chi connectivity index (χ2v) is 3.55. The molecule has 3 nitrogen and oxygen atoms in total. The number of hydrogen-bond donors (Lipinski definition) is 1. The molecule has 1 rings (SSSR count). The molecule has 1 aromatic heterocycles. The van der Waals surface area contributed by atoms with Gasteiger partial charge in [-0.1, -0.05) is 0 Å². The smallest absolute Gasteiger partial charge is 0.241 e. The molecule has 1 N–H and O–H groups in total. The Morgan fingerprint density at radius 1 is 1.69 bits per heavy atom. The van der Waals surface area contributed by atoms with Gasteiger partial charge in [0.2, 0.25) is 5.91 Å². The van der Waals surface area contributed by atoms with Gasteiger partial charge in [-0.25, -0.2) is 0 Å². The maximum atomic E-state index is 11.3. The van der Waals surface area contributed by atoms with E-state index in [0.29, 0.717) is 6.54 Å². The van der Waals surface area contributed by atoms with E-state index in [1.807, 2.05) is 23.8 Å². The molecule has 0 bridgehead atoms. The zero-order valence-electron chi connectivity index (χ0n) is 7.91. The van der Waals surface area contributed by atoms with Crippen molar-refractivity contribution >= 4 is 22.9 Å². The predicted molar refractivity (Wildman–Crippen MR) is 56.1 cm³/mol. The number of thiophene rings is 1. The number of anilines is 1. The predicted octanol–water partition coefficient (Wildman–Crippen LogP) is 1.64. The number of nitrogens with zero attached hydrogens (tertiary/aromatic N) is 1. The minimum Gasteiger partial charge on any atom is -0.375 e. The van der Waals surface area contributed by atoms with Gasteiger partial charge < -0.3 is 10.2 Å². The highest BCUT2D eigenvalue weighted by Gasteiger charge is 2.05. The van der Waals surface area contributed by atoms with Crippen molar-refractivity contribution in [3.8, 4) is 0 Å². The number of amides is 1. The summed E-state index contributed by atoms with van der Waals surface area (Å²) in [7, 11) is 1.80. The van der Waals surface area contributed by atoms with Crippen LogP contribution in [0.4, 0.5) is 5.69 Å². The number of hydrogen-bond acceptors (Lipinski definition) is 3. The standard InChI is InChI=1S/C9H14N2OS/c1-3-11(2)9(12)6-10-8-4-5-13-7-8/h4-5,7,10H,3,6H2,1-2H3. The molecular formula is C9H14N2OS. The third-order valence-electron chi connectivity index (χ3n) is 1.87. The highest BCUT2D eigenvalue weighted by molar-refractivity contribution is 7.08. The Kier molecular flexibility index (Phi) is 3.76. The molecule has 4 heteroatoms. The van der Waals surface area contributed by atoms with Crippen LogP contribution in [0.3, 0.4) is 0 Å². The summed E-state index contributed by atoms with van der Waals surface area (Å²) in [4.78, 5) is 13.0. The average Bonchev–Trinajstić information content (AvgIpc) is 2.65. The van der Waals surface area contributed by atoms with Crippen molar-refractivity contribution in [2.45, 2.75) is 6.92 Å². The van der Waals surface area contributed by atoms with Crippen molar-refractivity contribution in [2.75, 3.05) is 25.5 Å². The molecule has 0 aliphatic carbocycles. The lowest BCUT2D eigenvalue weighted by atomic mass is 10.4. The third kappa shape index (κ3) is 3.06. The molecule has 0 aromatic carbocycles. The molecule has 0 unspecified atom stereocenters. The summed E-state index contributed by atoms with van der Waals surface area (Å²) in [5, 5.41) is 7.03. The first-order valence-corrected chi connectivity index (χ1v) is 5.18. The second-order valence-electron chi connectivity index (χ2n) is 2.77. The summed E-state index contributed by atoms with van der Waals surface area (Å²) in [6.45, 7) is 3.09. The van der Waals surface area contributed by atoms with Gasteiger partial charge in [0, 0.05) is 24.7 Å². The molecule has 0 saturated heterocycles. The van der Waals surface area contributed by atoms with E-state index in [0.717, 1.165) is 12.2 Å². The van der Waals surface area contributed by atoms with Crippen molar-refractivity contribution in [1.29, 1.82) is 0 Å². The third-order valence-corrected chi connectivity index (χ3v) is 2.55. The molecule has 0 saturated carbocycles. The van der Waals surface area contributed by atoms with Gasteiger partial charge >= 0.3 is 0 Å². The summed E-state index contributed by atoms with van der Waals surface area (Å²) in [6, 6.07) is 1.96. The summed E-state index contributed by atoms with van der Waals surface area (Å²) >= 11 is 1.62. The van der Waals surface area contributed by atoms with E-state index in [4.69, 9.17) is 0 Å². The van der Waals surface area contributed by atoms with Crippen LogP contribution in [0.1, 0.15) is 6.92 Å². The quantitative estimate of drug-likeness (QED) is 0.797. The van der Waals surface area contributed by atoms with Crippen LogP contribution in [0.5, 0.6) is 0 Å². The first-order chi connectivity index (χ1) is 6.24. The van der Waals surface area contributed by atoms with E-state index >= 15 is 0 Å². The minimum absolute atomic E-state index is 0.119. The Labute approximate surface area is 82.4 Å². The van der Waals surface area contributed by atoms with Gasteiger partial charge in [0.15, 0.2) is 0 Å². The van der Waals surface area contributed by atoms with Gasteiger partial charge in [0.1, 0.15) is 0 Å². The number of likely N-dealkylation sites (N-methyl/N-ethyl adjacent to an activating group) is 1. The fourth-order valence-corrected chi connectivity index (χ4v) is 1.47. The van der Waals surface area contributed by atoms with E-state index in [-0.39, 0.29) is 5.91 Å². The molecule has 1 amide bonds. The Hall–Kier alpha value is -1.03. The van der Waals surface area contributed by atoms with Crippen molar-refractivity contribution < 1.29 is 4.79 Å². The van der Waals surface area contributed by atoms with Crippen LogP contribution in [0.15, 0.2) is 16.8 Å². The molecule has 1 heterocycles. The fraction of sp³-hybridized carbons (Fsp3) is 0.444. The van der Waals surface area contributed by atoms with Gasteiger partial charge in [-0.15, -0.1) is 0 Å². The summed E-state index contributed by atoms with van der Waals surface area (Å²) in [6.07, 6.45) is 0. The maximum absolute atomic E-state index is 11.3. The Balaban J connectivity index is 2.31. The molecule has 1 aromatic rings. The van der Waals surface area contributed by atoms with E-state index in [1.165, 1.54) is 0 Å². The summed E-state index contributed by atoms with van der Waals surface area (Å²) in [5.74, 6) is 0.119. The fourth-order valence-electron chi connectivity index (χ4n) is 0.854. The molecule has 72 valence electrons. The highest BCUT2D eigenvalue weighted by atomic mass is 32.1. The molecule has 0 radical (unpaired) electrons. The van der Waals surface area contributed by atoms with Gasteiger partial charge in [0.05, 0.1) is 6.54 Å². The van der Waals surface area contributed by atoms with Gasteiger partial charge in [-0.3, -0.25) is 4.79 Å². The average molecular weight is 198 g/mol. The normalized spacial score (nSPS) is 9.69. The Bertz CT molecular complexity index is 259. The lowest BCUT2D eigenvalue weighted by Crippen LogP contribution is -2.31. The first-order valence-electron chi connectivity index (χ1n) is 4.24. The lowest BCUT2D eigenvalue weighted by Gasteiger charge is -2.14. The molecule has 13 heavy (non-hydrogen) atoms. The van der Waals surface area contributed by atoms with Crippen molar-refractivity contribution in [3.05, 3.63) is 16.8 Å². The van der Waals surface area contributed by atoms with Crippen LogP contribution in [0.2, 0.25) is 0 Å². The highest BCUT2D eigenvalue weighted by Crippen LogP contribution is 2.10. The molecular weight excluding hydrogens is 184 g/mol. The molecule has 0 aliphatic heterocycles. The molecule has 0 spiro atoms. The lowest BCUT2D eigenvalue weighted by molar-refractivity contribution is -0.127. The van der Waals surface area contributed by atoms with Crippen LogP contribution in [-0.4, -0.2) is 30.9 Å². The summed E-state index contributed by atoms with van der Waals surface area (Å²) < 4.78 is 0. The van der Waals surface area contributed by atoms with Crippen LogP contribution >= 0.6 is 11.3 Å². The second kappa shape index (κ2) is 4.87. The van der Waals surface area contributed by atoms with Crippen molar-refractivity contribution in [1.82, 2.24) is 4.90 Å². The van der Waals surface area contributed by atoms with Crippen molar-refractivity contribution in [3.63, 3.8) is 0 Å². The Morgan fingerprint density at radius 2 is 2.46 bits per heavy atom. The Morgan fingerprint density at radius 3 is 3.00 bits per heavy atom. The zero-order chi connectivity index (χ0) is 9.68. The van der Waals surface area contributed by atoms with Gasteiger partial charge in [-0.2, -0.15) is 11.3 Å². The van der Waals surface area contributed by atoms with Gasteiger partial charge in [-0.05, 0) is 18.4 Å². The van der Waals surface area contributed by atoms with E-state index in [9.17, 15) is 4.79 Å². The molecule has 0 aliphatic rings. The minimum atomic E-state index is 0.119. The maximum Gasteiger partial charge on any atom is 0.241 e. The van der Waals surface area contributed by atoms with Crippen LogP contribution in [0.25, 0.3) is 0 Å². The van der Waals surface area contributed by atoms with Crippen LogP contribution in [-0.2, 0) is 4.79 Å². The largest absolute Gasteiger partial charge is 0.375 e. The molecule has 0 atom stereocenters. The van der Waals surface area contributed by atoms with Gasteiger partial charge in [0.25, 0.3) is 0 Å². The topological polar surface area (TPSA) is 32.3 Å². The van der Waals surface area contributed by atoms with E-state index < -0.39 is 0 Å². The SMILES string of the molecule is CCN(C)C(=O)CNc1ccsc1. The van der Waals surface area contributed by atoms with Crippen LogP contribution < -0.4 is 5.32 Å². The van der Waals surface area contributed by atoms with E-state index in [2.05, 4.69) is 5.32 Å². The van der Waals surface area contributed by atoms with E-state index in [1.54, 1.807) is 23.3 Å². The number of carbonyl (C=O) groups excluding carboxylic acids is 1.